The second kappa shape index (κ2) is 7.70. The molecule has 0 aliphatic carbocycles. The molecule has 0 aliphatic rings. The van der Waals surface area contributed by atoms with Gasteiger partial charge in [-0.15, -0.1) is 0 Å². The number of carbonyl (C=O) groups is 2. The molecule has 2 heterocycles. The number of benzene rings is 1. The lowest BCUT2D eigenvalue weighted by molar-refractivity contribution is 0.0760. The number of nitriles is 1. The number of hydrogen-bond acceptors (Lipinski definition) is 4. The number of anilines is 1. The van der Waals surface area contributed by atoms with Gasteiger partial charge >= 0.3 is 0 Å². The van der Waals surface area contributed by atoms with Gasteiger partial charge in [0, 0.05) is 19.3 Å². The molecule has 7 nitrogen and oxygen atoms in total. The van der Waals surface area contributed by atoms with Crippen molar-refractivity contribution in [2.24, 2.45) is 0 Å². The van der Waals surface area contributed by atoms with Crippen molar-refractivity contribution >= 4 is 23.0 Å². The first-order chi connectivity index (χ1) is 13.1. The van der Waals surface area contributed by atoms with Gasteiger partial charge in [0.1, 0.15) is 6.07 Å². The monoisotopic (exact) mass is 361 g/mol. The number of imidazole rings is 1. The number of para-hydroxylation sites is 1. The van der Waals surface area contributed by atoms with Crippen LogP contribution in [0.1, 0.15) is 40.5 Å². The van der Waals surface area contributed by atoms with Crippen LogP contribution in [-0.4, -0.2) is 39.2 Å². The summed E-state index contributed by atoms with van der Waals surface area (Å²) in [5, 5.41) is 11.9. The standard InChI is InChI=1S/C20H19N5O2/c1-3-24(4-2)20(27)18-23-17(16-11-7-8-12-25(16)18)19(26)22-15-10-6-5-9-14(15)13-21/h5-12H,3-4H2,1-2H3,(H,22,26). The normalized spacial score (nSPS) is 10.4. The van der Waals surface area contributed by atoms with Crippen LogP contribution in [0.3, 0.4) is 0 Å². The van der Waals surface area contributed by atoms with E-state index in [0.29, 0.717) is 29.9 Å². The van der Waals surface area contributed by atoms with E-state index in [4.69, 9.17) is 0 Å². The van der Waals surface area contributed by atoms with Gasteiger partial charge in [0.15, 0.2) is 5.69 Å². The molecule has 2 amide bonds. The predicted octanol–water partition coefficient (Wildman–Crippen LogP) is 2.94. The average molecular weight is 361 g/mol. The number of aromatic nitrogens is 2. The summed E-state index contributed by atoms with van der Waals surface area (Å²) in [5.74, 6) is -0.523. The second-order valence-corrected chi connectivity index (χ2v) is 5.83. The van der Waals surface area contributed by atoms with Crippen molar-refractivity contribution in [1.29, 1.82) is 5.26 Å². The SMILES string of the molecule is CCN(CC)C(=O)c1nc(C(=O)Nc2ccccc2C#N)c2ccccn12. The van der Waals surface area contributed by atoms with Crippen LogP contribution < -0.4 is 5.32 Å². The lowest BCUT2D eigenvalue weighted by Crippen LogP contribution is -2.32. The van der Waals surface area contributed by atoms with Crippen LogP contribution in [-0.2, 0) is 0 Å². The van der Waals surface area contributed by atoms with Crippen molar-refractivity contribution in [2.75, 3.05) is 18.4 Å². The third-order valence-corrected chi connectivity index (χ3v) is 4.30. The van der Waals surface area contributed by atoms with Crippen LogP contribution >= 0.6 is 0 Å². The van der Waals surface area contributed by atoms with E-state index in [0.717, 1.165) is 0 Å². The lowest BCUT2D eigenvalue weighted by atomic mass is 10.2. The highest BCUT2D eigenvalue weighted by atomic mass is 16.2. The number of hydrogen-bond donors (Lipinski definition) is 1. The highest BCUT2D eigenvalue weighted by molar-refractivity contribution is 6.09. The first kappa shape index (κ1) is 18.1. The largest absolute Gasteiger partial charge is 0.337 e. The molecule has 1 aromatic carbocycles. The maximum atomic E-state index is 12.8. The summed E-state index contributed by atoms with van der Waals surface area (Å²) in [6, 6.07) is 14.1. The van der Waals surface area contributed by atoms with E-state index >= 15 is 0 Å². The molecule has 0 saturated carbocycles. The Bertz CT molecular complexity index is 1040. The molecule has 27 heavy (non-hydrogen) atoms. The minimum atomic E-state index is -0.472. The van der Waals surface area contributed by atoms with Crippen molar-refractivity contribution < 1.29 is 9.59 Å². The van der Waals surface area contributed by atoms with Gasteiger partial charge in [-0.25, -0.2) is 4.98 Å². The van der Waals surface area contributed by atoms with E-state index in [-0.39, 0.29) is 17.4 Å². The van der Waals surface area contributed by atoms with Gasteiger partial charge in [-0.1, -0.05) is 18.2 Å². The summed E-state index contributed by atoms with van der Waals surface area (Å²) < 4.78 is 1.62. The Hall–Kier alpha value is -3.66. The fraction of sp³-hybridized carbons (Fsp3) is 0.200. The zero-order chi connectivity index (χ0) is 19.4. The second-order valence-electron chi connectivity index (χ2n) is 5.83. The topological polar surface area (TPSA) is 90.5 Å². The number of amides is 2. The molecule has 0 atom stereocenters. The molecular weight excluding hydrogens is 342 g/mol. The minimum Gasteiger partial charge on any atom is -0.337 e. The van der Waals surface area contributed by atoms with Gasteiger partial charge < -0.3 is 10.2 Å². The highest BCUT2D eigenvalue weighted by Gasteiger charge is 2.24. The summed E-state index contributed by atoms with van der Waals surface area (Å²) in [6.45, 7) is 4.88. The molecule has 2 aromatic heterocycles. The molecule has 0 saturated heterocycles. The first-order valence-electron chi connectivity index (χ1n) is 8.67. The average Bonchev–Trinajstić information content (AvgIpc) is 3.09. The first-order valence-corrected chi connectivity index (χ1v) is 8.67. The molecule has 0 fully saturated rings. The quantitative estimate of drug-likeness (QED) is 0.756. The van der Waals surface area contributed by atoms with Gasteiger partial charge in [-0.3, -0.25) is 14.0 Å². The number of nitrogens with zero attached hydrogens (tertiary/aromatic N) is 4. The maximum absolute atomic E-state index is 12.8. The molecule has 0 unspecified atom stereocenters. The van der Waals surface area contributed by atoms with Gasteiger partial charge in [0.25, 0.3) is 11.8 Å². The molecule has 0 bridgehead atoms. The Morgan fingerprint density at radius 3 is 2.56 bits per heavy atom. The minimum absolute atomic E-state index is 0.138. The van der Waals surface area contributed by atoms with Crippen LogP contribution in [0.2, 0.25) is 0 Å². The van der Waals surface area contributed by atoms with Crippen molar-refractivity contribution in [3.8, 4) is 6.07 Å². The Labute approximate surface area is 156 Å². The van der Waals surface area contributed by atoms with Crippen LogP contribution in [0, 0.1) is 11.3 Å². The molecule has 1 N–H and O–H groups in total. The van der Waals surface area contributed by atoms with E-state index in [1.54, 1.807) is 58.0 Å². The lowest BCUT2D eigenvalue weighted by Gasteiger charge is -2.17. The molecule has 136 valence electrons. The molecule has 7 heteroatoms. The van der Waals surface area contributed by atoms with Crippen LogP contribution in [0.15, 0.2) is 48.7 Å². The van der Waals surface area contributed by atoms with E-state index < -0.39 is 5.91 Å². The fourth-order valence-corrected chi connectivity index (χ4v) is 2.88. The van der Waals surface area contributed by atoms with E-state index in [1.165, 1.54) is 0 Å². The maximum Gasteiger partial charge on any atom is 0.290 e. The fourth-order valence-electron chi connectivity index (χ4n) is 2.88. The third kappa shape index (κ3) is 3.37. The van der Waals surface area contributed by atoms with Gasteiger partial charge in [-0.05, 0) is 38.1 Å². The number of nitrogens with one attached hydrogen (secondary N) is 1. The van der Waals surface area contributed by atoms with Crippen molar-refractivity contribution in [1.82, 2.24) is 14.3 Å². The van der Waals surface area contributed by atoms with Crippen molar-refractivity contribution in [3.63, 3.8) is 0 Å². The Balaban J connectivity index is 2.04. The van der Waals surface area contributed by atoms with Crippen LogP contribution in [0.5, 0.6) is 0 Å². The zero-order valence-corrected chi connectivity index (χ0v) is 15.1. The molecular formula is C20H19N5O2. The Kier molecular flexibility index (Phi) is 5.18. The van der Waals surface area contributed by atoms with Gasteiger partial charge in [-0.2, -0.15) is 5.26 Å². The summed E-state index contributed by atoms with van der Waals surface area (Å²) in [6.07, 6.45) is 1.71. The Morgan fingerprint density at radius 2 is 1.85 bits per heavy atom. The Morgan fingerprint density at radius 1 is 1.15 bits per heavy atom. The van der Waals surface area contributed by atoms with E-state index in [9.17, 15) is 14.9 Å². The predicted molar refractivity (Wildman–Crippen MR) is 102 cm³/mol. The third-order valence-electron chi connectivity index (χ3n) is 4.30. The molecule has 0 radical (unpaired) electrons. The molecule has 3 rings (SSSR count). The molecule has 0 aliphatic heterocycles. The molecule has 3 aromatic rings. The van der Waals surface area contributed by atoms with E-state index in [1.807, 2.05) is 19.9 Å². The summed E-state index contributed by atoms with van der Waals surface area (Å²) >= 11 is 0. The summed E-state index contributed by atoms with van der Waals surface area (Å²) in [5.41, 5.74) is 1.42. The molecule has 0 spiro atoms. The van der Waals surface area contributed by atoms with Gasteiger partial charge in [0.05, 0.1) is 16.8 Å². The summed E-state index contributed by atoms with van der Waals surface area (Å²) in [7, 11) is 0. The van der Waals surface area contributed by atoms with Crippen LogP contribution in [0.4, 0.5) is 5.69 Å². The number of carbonyl (C=O) groups excluding carboxylic acids is 2. The zero-order valence-electron chi connectivity index (χ0n) is 15.1. The van der Waals surface area contributed by atoms with Crippen molar-refractivity contribution in [2.45, 2.75) is 13.8 Å². The van der Waals surface area contributed by atoms with Crippen LogP contribution in [0.25, 0.3) is 5.52 Å². The summed E-state index contributed by atoms with van der Waals surface area (Å²) in [4.78, 5) is 31.6. The van der Waals surface area contributed by atoms with E-state index in [2.05, 4.69) is 10.3 Å². The van der Waals surface area contributed by atoms with Crippen molar-refractivity contribution in [3.05, 3.63) is 65.7 Å². The smallest absolute Gasteiger partial charge is 0.290 e. The van der Waals surface area contributed by atoms with Gasteiger partial charge in [0.2, 0.25) is 5.82 Å². The highest BCUT2D eigenvalue weighted by Crippen LogP contribution is 2.19. The number of fused-ring (bicyclic) bond motifs is 1. The number of rotatable bonds is 5. The number of pyridine rings is 1.